The van der Waals surface area contributed by atoms with Crippen molar-refractivity contribution in [3.05, 3.63) is 18.3 Å². The summed E-state index contributed by atoms with van der Waals surface area (Å²) >= 11 is 3.68. The lowest BCUT2D eigenvalue weighted by molar-refractivity contribution is 0.413. The van der Waals surface area contributed by atoms with Gasteiger partial charge in [0.2, 0.25) is 0 Å². The fourth-order valence-electron chi connectivity index (χ4n) is 1.79. The summed E-state index contributed by atoms with van der Waals surface area (Å²) in [5.74, 6) is 2.51. The number of anilines is 1. The van der Waals surface area contributed by atoms with Crippen LogP contribution in [0.3, 0.4) is 0 Å². The fraction of sp³-hybridized carbons (Fsp3) is 0.545. The minimum Gasteiger partial charge on any atom is -0.495 e. The standard InChI is InChI=1S/C11H15BrN2O/c1-8-6-14(7-10(8)12)11-4-3-9(15-2)5-13-11/h3-5,8,10H,6-7H2,1-2H3. The van der Waals surface area contributed by atoms with Crippen LogP contribution in [0, 0.1) is 5.92 Å². The van der Waals surface area contributed by atoms with E-state index >= 15 is 0 Å². The molecule has 1 aromatic heterocycles. The van der Waals surface area contributed by atoms with E-state index in [0.717, 1.165) is 24.7 Å². The molecule has 1 fully saturated rings. The molecule has 0 amide bonds. The molecule has 1 aliphatic heterocycles. The monoisotopic (exact) mass is 270 g/mol. The molecule has 2 rings (SSSR count). The van der Waals surface area contributed by atoms with Crippen molar-refractivity contribution in [2.45, 2.75) is 11.8 Å². The predicted octanol–water partition coefficient (Wildman–Crippen LogP) is 2.31. The number of hydrogen-bond acceptors (Lipinski definition) is 3. The van der Waals surface area contributed by atoms with Crippen LogP contribution in [0.1, 0.15) is 6.92 Å². The van der Waals surface area contributed by atoms with Gasteiger partial charge in [-0.3, -0.25) is 0 Å². The van der Waals surface area contributed by atoms with Crippen molar-refractivity contribution in [1.29, 1.82) is 0 Å². The lowest BCUT2D eigenvalue weighted by Gasteiger charge is -2.16. The maximum Gasteiger partial charge on any atom is 0.137 e. The van der Waals surface area contributed by atoms with Crippen LogP contribution >= 0.6 is 15.9 Å². The van der Waals surface area contributed by atoms with Gasteiger partial charge in [-0.25, -0.2) is 4.98 Å². The van der Waals surface area contributed by atoms with Crippen molar-refractivity contribution < 1.29 is 4.74 Å². The number of aromatic nitrogens is 1. The van der Waals surface area contributed by atoms with Crippen LogP contribution in [0.25, 0.3) is 0 Å². The minimum absolute atomic E-state index is 0.571. The van der Waals surface area contributed by atoms with E-state index in [1.54, 1.807) is 13.3 Å². The van der Waals surface area contributed by atoms with E-state index in [1.165, 1.54) is 0 Å². The third-order valence-corrected chi connectivity index (χ3v) is 3.99. The fourth-order valence-corrected chi connectivity index (χ4v) is 2.31. The Bertz CT molecular complexity index is 318. The summed E-state index contributed by atoms with van der Waals surface area (Å²) in [6.45, 7) is 4.35. The van der Waals surface area contributed by atoms with E-state index in [1.807, 2.05) is 12.1 Å². The van der Waals surface area contributed by atoms with E-state index in [2.05, 4.69) is 32.7 Å². The van der Waals surface area contributed by atoms with Gasteiger partial charge in [-0.2, -0.15) is 0 Å². The van der Waals surface area contributed by atoms with Crippen molar-refractivity contribution in [2.75, 3.05) is 25.1 Å². The SMILES string of the molecule is COc1ccc(N2CC(C)C(Br)C2)nc1. The molecule has 3 nitrogen and oxygen atoms in total. The normalized spacial score (nSPS) is 25.7. The van der Waals surface area contributed by atoms with Gasteiger partial charge in [-0.1, -0.05) is 22.9 Å². The summed E-state index contributed by atoms with van der Waals surface area (Å²) in [5.41, 5.74) is 0. The Hall–Kier alpha value is -0.770. The lowest BCUT2D eigenvalue weighted by Crippen LogP contribution is -2.20. The summed E-state index contributed by atoms with van der Waals surface area (Å²) in [6.07, 6.45) is 1.77. The van der Waals surface area contributed by atoms with E-state index in [0.29, 0.717) is 10.7 Å². The Kier molecular flexibility index (Phi) is 3.14. The molecule has 0 spiro atoms. The van der Waals surface area contributed by atoms with Crippen molar-refractivity contribution in [3.63, 3.8) is 0 Å². The summed E-state index contributed by atoms with van der Waals surface area (Å²) < 4.78 is 5.08. The van der Waals surface area contributed by atoms with Gasteiger partial charge in [-0.05, 0) is 18.1 Å². The molecule has 1 aromatic rings. The topological polar surface area (TPSA) is 25.4 Å². The summed E-state index contributed by atoms with van der Waals surface area (Å²) in [5, 5.41) is 0. The van der Waals surface area contributed by atoms with Crippen molar-refractivity contribution >= 4 is 21.7 Å². The van der Waals surface area contributed by atoms with Crippen molar-refractivity contribution in [3.8, 4) is 5.75 Å². The molecule has 0 saturated carbocycles. The number of pyridine rings is 1. The number of alkyl halides is 1. The molecule has 2 heterocycles. The van der Waals surface area contributed by atoms with Gasteiger partial charge in [-0.15, -0.1) is 0 Å². The quantitative estimate of drug-likeness (QED) is 0.772. The molecule has 82 valence electrons. The number of nitrogens with zero attached hydrogens (tertiary/aromatic N) is 2. The zero-order chi connectivity index (χ0) is 10.8. The van der Waals surface area contributed by atoms with Crippen molar-refractivity contribution in [2.24, 2.45) is 5.92 Å². The minimum atomic E-state index is 0.571. The van der Waals surface area contributed by atoms with Crippen LogP contribution in [0.15, 0.2) is 18.3 Å². The van der Waals surface area contributed by atoms with Gasteiger partial charge in [0.05, 0.1) is 13.3 Å². The van der Waals surface area contributed by atoms with E-state index in [9.17, 15) is 0 Å². The van der Waals surface area contributed by atoms with Crippen molar-refractivity contribution in [1.82, 2.24) is 4.98 Å². The smallest absolute Gasteiger partial charge is 0.137 e. The number of methoxy groups -OCH3 is 1. The average molecular weight is 271 g/mol. The zero-order valence-corrected chi connectivity index (χ0v) is 10.6. The molecule has 0 bridgehead atoms. The molecule has 0 aromatic carbocycles. The van der Waals surface area contributed by atoms with Gasteiger partial charge < -0.3 is 9.64 Å². The van der Waals surface area contributed by atoms with Gasteiger partial charge in [0.1, 0.15) is 11.6 Å². The summed E-state index contributed by atoms with van der Waals surface area (Å²) in [4.78, 5) is 7.25. The molecule has 15 heavy (non-hydrogen) atoms. The highest BCUT2D eigenvalue weighted by molar-refractivity contribution is 9.09. The Balaban J connectivity index is 2.10. The molecule has 0 N–H and O–H groups in total. The maximum atomic E-state index is 5.08. The number of rotatable bonds is 2. The third-order valence-electron chi connectivity index (χ3n) is 2.80. The molecular weight excluding hydrogens is 256 g/mol. The van der Waals surface area contributed by atoms with E-state index in [-0.39, 0.29) is 0 Å². The Morgan fingerprint density at radius 1 is 1.47 bits per heavy atom. The Morgan fingerprint density at radius 3 is 2.73 bits per heavy atom. The zero-order valence-electron chi connectivity index (χ0n) is 8.98. The van der Waals surface area contributed by atoms with E-state index < -0.39 is 0 Å². The molecule has 1 saturated heterocycles. The second-order valence-corrected chi connectivity index (χ2v) is 5.13. The highest BCUT2D eigenvalue weighted by Crippen LogP contribution is 2.27. The molecule has 2 unspecified atom stereocenters. The largest absolute Gasteiger partial charge is 0.495 e. The molecular formula is C11H15BrN2O. The molecule has 1 aliphatic rings. The number of hydrogen-bond donors (Lipinski definition) is 0. The molecule has 4 heteroatoms. The van der Waals surface area contributed by atoms with Crippen LogP contribution in [0.5, 0.6) is 5.75 Å². The van der Waals surface area contributed by atoms with Gasteiger partial charge in [0.25, 0.3) is 0 Å². The first-order valence-corrected chi connectivity index (χ1v) is 6.01. The first-order chi connectivity index (χ1) is 7.20. The summed E-state index contributed by atoms with van der Waals surface area (Å²) in [7, 11) is 1.66. The molecule has 0 aliphatic carbocycles. The second kappa shape index (κ2) is 4.39. The van der Waals surface area contributed by atoms with Crippen LogP contribution in [-0.4, -0.2) is 30.0 Å². The average Bonchev–Trinajstić information content (AvgIpc) is 2.59. The van der Waals surface area contributed by atoms with Crippen LogP contribution in [0.4, 0.5) is 5.82 Å². The summed E-state index contributed by atoms with van der Waals surface area (Å²) in [6, 6.07) is 3.96. The first-order valence-electron chi connectivity index (χ1n) is 5.09. The Morgan fingerprint density at radius 2 is 2.27 bits per heavy atom. The molecule has 2 atom stereocenters. The number of halogens is 1. The highest BCUT2D eigenvalue weighted by Gasteiger charge is 2.27. The van der Waals surface area contributed by atoms with Crippen LogP contribution in [-0.2, 0) is 0 Å². The van der Waals surface area contributed by atoms with Gasteiger partial charge in [0.15, 0.2) is 0 Å². The van der Waals surface area contributed by atoms with Crippen LogP contribution in [0.2, 0.25) is 0 Å². The second-order valence-electron chi connectivity index (χ2n) is 3.95. The lowest BCUT2D eigenvalue weighted by atomic mass is 10.2. The van der Waals surface area contributed by atoms with Gasteiger partial charge in [0, 0.05) is 17.9 Å². The molecule has 0 radical (unpaired) electrons. The predicted molar refractivity (Wildman–Crippen MR) is 64.9 cm³/mol. The van der Waals surface area contributed by atoms with E-state index in [4.69, 9.17) is 4.74 Å². The Labute approximate surface area is 98.6 Å². The van der Waals surface area contributed by atoms with Crippen LogP contribution < -0.4 is 9.64 Å². The number of ether oxygens (including phenoxy) is 1. The highest BCUT2D eigenvalue weighted by atomic mass is 79.9. The first kappa shape index (κ1) is 10.7. The maximum absolute atomic E-state index is 5.08. The van der Waals surface area contributed by atoms with Gasteiger partial charge >= 0.3 is 0 Å². The third kappa shape index (κ3) is 2.25.